The number of hydrogen-bond donors (Lipinski definition) is 2. The van der Waals surface area contributed by atoms with Crippen LogP contribution >= 0.6 is 43.5 Å². The summed E-state index contributed by atoms with van der Waals surface area (Å²) >= 11 is 12.0. The van der Waals surface area contributed by atoms with Gasteiger partial charge in [0, 0.05) is 47.9 Å². The lowest BCUT2D eigenvalue weighted by atomic mass is 9.80. The van der Waals surface area contributed by atoms with Crippen molar-refractivity contribution in [1.82, 2.24) is 29.9 Å². The van der Waals surface area contributed by atoms with Crippen molar-refractivity contribution < 1.29 is 14.8 Å². The molecule has 0 saturated heterocycles. The van der Waals surface area contributed by atoms with Crippen LogP contribution in [0.1, 0.15) is 159 Å². The van der Waals surface area contributed by atoms with Gasteiger partial charge in [-0.25, -0.2) is 29.9 Å². The highest BCUT2D eigenvalue weighted by Gasteiger charge is 2.21. The molecule has 0 aliphatic heterocycles. The van der Waals surface area contributed by atoms with E-state index in [4.69, 9.17) is 56.8 Å². The van der Waals surface area contributed by atoms with Crippen molar-refractivity contribution in [3.8, 4) is 85.5 Å². The number of benzene rings is 10. The van der Waals surface area contributed by atoms with Gasteiger partial charge in [-0.2, -0.15) is 5.26 Å². The van der Waals surface area contributed by atoms with Crippen molar-refractivity contribution in [2.24, 2.45) is 0 Å². The zero-order valence-corrected chi connectivity index (χ0v) is 67.2. The van der Waals surface area contributed by atoms with Gasteiger partial charge < -0.3 is 10.0 Å². The molecule has 0 bridgehead atoms. The lowest BCUT2D eigenvalue weighted by Crippen LogP contribution is -2.29. The maximum Gasteiger partial charge on any atom is 0.488 e. The molecule has 0 radical (unpaired) electrons. The van der Waals surface area contributed by atoms with E-state index in [2.05, 4.69) is 301 Å². The van der Waals surface area contributed by atoms with Gasteiger partial charge in [0.1, 0.15) is 0 Å². The van der Waals surface area contributed by atoms with Gasteiger partial charge in [0.2, 0.25) is 0 Å². The highest BCUT2D eigenvalue weighted by atomic mass is 79.9. The molecule has 538 valence electrons. The minimum Gasteiger partial charge on any atom is -0.423 e. The van der Waals surface area contributed by atoms with Gasteiger partial charge in [0.05, 0.1) is 11.6 Å². The highest BCUT2D eigenvalue weighted by molar-refractivity contribution is 9.10. The van der Waals surface area contributed by atoms with Gasteiger partial charge in [-0.3, -0.25) is 4.79 Å². The Morgan fingerprint density at radius 1 is 0.349 bits per heavy atom. The first-order valence-electron chi connectivity index (χ1n) is 35.1. The lowest BCUT2D eigenvalue weighted by molar-refractivity contribution is 0.108. The Bertz CT molecular complexity index is 4790. The zero-order chi connectivity index (χ0) is 77.3. The number of nitrogens with zero attached hydrogens (tertiary/aromatic N) is 7. The summed E-state index contributed by atoms with van der Waals surface area (Å²) < 4.78 is 1.96. The van der Waals surface area contributed by atoms with Crippen molar-refractivity contribution in [3.63, 3.8) is 0 Å². The summed E-state index contributed by atoms with van der Waals surface area (Å²) in [6, 6.07) is 82.7. The smallest absolute Gasteiger partial charge is 0.423 e. The van der Waals surface area contributed by atoms with Crippen LogP contribution in [0.15, 0.2) is 265 Å². The van der Waals surface area contributed by atoms with Crippen molar-refractivity contribution in [2.75, 3.05) is 0 Å². The number of carbonyl (C=O) groups excluding carboxylic acids is 1. The topological polar surface area (TPSA) is 159 Å². The van der Waals surface area contributed by atoms with Crippen LogP contribution in [-0.4, -0.2) is 52.3 Å². The Balaban J connectivity index is 0.000000189. The van der Waals surface area contributed by atoms with Gasteiger partial charge in [0.15, 0.2) is 34.9 Å². The van der Waals surface area contributed by atoms with Crippen LogP contribution in [0.25, 0.3) is 91.6 Å². The van der Waals surface area contributed by atoms with Gasteiger partial charge >= 0.3 is 7.12 Å². The Morgan fingerprint density at radius 3 is 0.783 bits per heavy atom. The van der Waals surface area contributed by atoms with Crippen LogP contribution < -0.4 is 5.46 Å². The number of hydrogen-bond acceptors (Lipinski definition) is 10. The molecular weight excluding hydrogens is 1460 g/mol. The summed E-state index contributed by atoms with van der Waals surface area (Å²) in [6.45, 7) is 40.6. The molecule has 0 aliphatic carbocycles. The normalized spacial score (nSPS) is 11.3. The first-order chi connectivity index (χ1) is 50.0. The molecule has 0 fully saturated rings. The third kappa shape index (κ3) is 23.5. The molecule has 0 saturated carbocycles. The van der Waals surface area contributed by atoms with Crippen molar-refractivity contribution >= 4 is 73.4 Å². The van der Waals surface area contributed by atoms with Gasteiger partial charge in [-0.05, 0) is 143 Å². The predicted molar refractivity (Wildman–Crippen MR) is 451 cm³/mol. The van der Waals surface area contributed by atoms with Crippen LogP contribution in [-0.2, 0) is 27.1 Å². The first kappa shape index (κ1) is 81.8. The molecule has 12 rings (SSSR count). The Morgan fingerprint density at radius 2 is 0.557 bits per heavy atom. The minimum atomic E-state index is -1.38. The first-order valence-corrected chi connectivity index (χ1v) is 37.1. The van der Waals surface area contributed by atoms with Crippen molar-refractivity contribution in [3.05, 3.63) is 315 Å². The van der Waals surface area contributed by atoms with Crippen molar-refractivity contribution in [1.29, 1.82) is 5.26 Å². The number of nitriles is 1. The van der Waals surface area contributed by atoms with Gasteiger partial charge in [-0.1, -0.05) is 355 Å². The van der Waals surface area contributed by atoms with Gasteiger partial charge in [-0.15, -0.1) is 0 Å². The molecular formula is C92H93BBr2ClN7O3. The van der Waals surface area contributed by atoms with Crippen molar-refractivity contribution in [2.45, 2.75) is 131 Å². The molecule has 0 spiro atoms. The number of carbonyl (C=O) groups is 1. The molecule has 0 unspecified atom stereocenters. The fourth-order valence-corrected chi connectivity index (χ4v) is 11.3. The third-order valence-corrected chi connectivity index (χ3v) is 18.7. The zero-order valence-electron chi connectivity index (χ0n) is 63.3. The summed E-state index contributed by atoms with van der Waals surface area (Å²) in [5, 5.41) is 25.6. The molecule has 0 aliphatic rings. The maximum atomic E-state index is 10.5. The quantitative estimate of drug-likeness (QED) is 0.0943. The predicted octanol–water partition coefficient (Wildman–Crippen LogP) is 23.7. The SMILES string of the molecule is C=Cc1ccc(-c2ccc(-c3nc(-c4ccc(C(C)(C)C)cc4)nc(-c4ccc(C(C)(C)C)cc4)n3)cc2)cc1.C=Cc1ccc(B(O)O)cc1.CC(C)(C)c1ccc(-c2nc(-c3ccc(Br)cc3)nc(-c3ccc(C(C)(C)C)cc3)n2)cc1.CC(C)(C)c1ccc(C#N)cc1.O=C(Cl)c1ccc(Br)cc1. The molecule has 14 heteroatoms. The summed E-state index contributed by atoms with van der Waals surface area (Å²) in [4.78, 5) is 39.9. The lowest BCUT2D eigenvalue weighted by Gasteiger charge is -2.19. The second-order valence-electron chi connectivity index (χ2n) is 30.8. The monoisotopic (exact) mass is 1550 g/mol. The van der Waals surface area contributed by atoms with E-state index in [1.54, 1.807) is 54.6 Å². The Labute approximate surface area is 650 Å². The van der Waals surface area contributed by atoms with E-state index in [-0.39, 0.29) is 27.1 Å². The summed E-state index contributed by atoms with van der Waals surface area (Å²) in [5.74, 6) is 4.03. The number of rotatable bonds is 11. The Hall–Kier alpha value is -9.91. The molecule has 106 heavy (non-hydrogen) atoms. The van der Waals surface area contributed by atoms with E-state index in [1.165, 1.54) is 27.8 Å². The fraction of sp³-hybridized carbons (Fsp3) is 0.217. The van der Waals surface area contributed by atoms with E-state index < -0.39 is 12.4 Å². The van der Waals surface area contributed by atoms with E-state index in [0.717, 1.165) is 70.1 Å². The summed E-state index contributed by atoms with van der Waals surface area (Å²) in [7, 11) is -1.38. The van der Waals surface area contributed by atoms with Crippen LogP contribution in [0, 0.1) is 11.3 Å². The molecule has 10 aromatic carbocycles. The summed E-state index contributed by atoms with van der Waals surface area (Å²) in [6.07, 6.45) is 3.56. The number of aromatic nitrogens is 6. The molecule has 2 aromatic heterocycles. The largest absolute Gasteiger partial charge is 0.488 e. The van der Waals surface area contributed by atoms with E-state index in [9.17, 15) is 4.79 Å². The van der Waals surface area contributed by atoms with Crippen LogP contribution in [0.3, 0.4) is 0 Å². The van der Waals surface area contributed by atoms with E-state index in [0.29, 0.717) is 46.0 Å². The standard InChI is InChI=1S/C37H37N3.C29H30BrN3.C11H13N.C8H9BO2.C7H4BrClO/c1-8-25-9-11-26(12-10-25)27-13-15-28(16-14-27)33-38-34(29-17-21-31(22-18-29)36(2,3)4)40-35(39-33)30-19-23-32(24-20-30)37(5,6)7;1-28(2,3)22-13-7-19(8-14-22)25-31-26(20-9-15-23(16-10-20)29(4,5)6)33-27(32-25)21-11-17-24(30)18-12-21;1-11(2,3)10-6-4-9(8-12)5-7-10;1-2-7-3-5-8(6-4-7)9(10)11;8-6-3-1-5(2-4-6)7(9)10/h8-24H,1H2,2-7H3;7-18H,1-6H3;4-7H,1-3H3;2-6,10-11H,1H2;1-4H. The second-order valence-corrected chi connectivity index (χ2v) is 33.0. The minimum absolute atomic E-state index is 0.0799. The van der Waals surface area contributed by atoms with Crippen LogP contribution in [0.5, 0.6) is 0 Å². The van der Waals surface area contributed by atoms with E-state index in [1.807, 2.05) is 54.6 Å². The molecule has 0 atom stereocenters. The average Bonchev–Trinajstić information content (AvgIpc) is 0.795. The molecule has 2 N–H and O–H groups in total. The molecule has 2 heterocycles. The highest BCUT2D eigenvalue weighted by Crippen LogP contribution is 2.34. The maximum absolute atomic E-state index is 10.5. The average molecular weight is 1550 g/mol. The van der Waals surface area contributed by atoms with Crippen LogP contribution in [0.2, 0.25) is 0 Å². The van der Waals surface area contributed by atoms with Crippen LogP contribution in [0.4, 0.5) is 0 Å². The molecule has 0 amide bonds. The third-order valence-electron chi connectivity index (χ3n) is 17.5. The second kappa shape index (κ2) is 35.9. The van der Waals surface area contributed by atoms with Gasteiger partial charge in [0.25, 0.3) is 5.24 Å². The molecule has 10 nitrogen and oxygen atoms in total. The molecule has 12 aromatic rings. The fourth-order valence-electron chi connectivity index (χ4n) is 10.7. The summed E-state index contributed by atoms with van der Waals surface area (Å²) in [5.41, 5.74) is 18.9. The van der Waals surface area contributed by atoms with E-state index >= 15 is 0 Å². The number of halogens is 3. The Kier molecular flexibility index (Phi) is 27.7.